The minimum atomic E-state index is -4.40. The quantitative estimate of drug-likeness (QED) is 0.679. The van der Waals surface area contributed by atoms with E-state index in [2.05, 4.69) is 5.32 Å². The van der Waals surface area contributed by atoms with Gasteiger partial charge in [-0.2, -0.15) is 13.2 Å². The molecule has 3 N–H and O–H groups in total. The van der Waals surface area contributed by atoms with Crippen LogP contribution < -0.4 is 10.6 Å². The number of rotatable bonds is 5. The topological polar surface area (TPSA) is 61.4 Å². The number of amides is 2. The Morgan fingerprint density at radius 1 is 1.31 bits per heavy atom. The number of aliphatic hydroxyl groups excluding tert-OH is 1. The second kappa shape index (κ2) is 6.57. The number of aliphatic hydroxyl groups is 1. The first-order valence-electron chi connectivity index (χ1n) is 4.97. The predicted molar refractivity (Wildman–Crippen MR) is 52.9 cm³/mol. The summed E-state index contributed by atoms with van der Waals surface area (Å²) >= 11 is 0. The molecule has 4 nitrogen and oxygen atoms in total. The Balaban J connectivity index is 3.65. The van der Waals surface area contributed by atoms with Gasteiger partial charge in [-0.05, 0) is 19.3 Å². The third-order valence-corrected chi connectivity index (χ3v) is 1.80. The first-order chi connectivity index (χ1) is 7.20. The van der Waals surface area contributed by atoms with Gasteiger partial charge in [0.25, 0.3) is 0 Å². The maximum Gasteiger partial charge on any atom is 0.405 e. The van der Waals surface area contributed by atoms with Crippen LogP contribution in [0.3, 0.4) is 0 Å². The van der Waals surface area contributed by atoms with Gasteiger partial charge in [-0.3, -0.25) is 0 Å². The lowest BCUT2D eigenvalue weighted by Gasteiger charge is -2.15. The van der Waals surface area contributed by atoms with Crippen molar-refractivity contribution in [3.63, 3.8) is 0 Å². The number of hydrogen-bond donors (Lipinski definition) is 3. The summed E-state index contributed by atoms with van der Waals surface area (Å²) in [5.41, 5.74) is 0. The van der Waals surface area contributed by atoms with Crippen molar-refractivity contribution in [1.82, 2.24) is 10.6 Å². The third-order valence-electron chi connectivity index (χ3n) is 1.80. The van der Waals surface area contributed by atoms with Crippen LogP contribution >= 0.6 is 0 Å². The van der Waals surface area contributed by atoms with E-state index in [1.165, 1.54) is 0 Å². The summed E-state index contributed by atoms with van der Waals surface area (Å²) in [5, 5.41) is 13.0. The zero-order valence-corrected chi connectivity index (χ0v) is 9.27. The molecule has 0 radical (unpaired) electrons. The van der Waals surface area contributed by atoms with Crippen molar-refractivity contribution in [3.8, 4) is 0 Å². The fraction of sp³-hybridized carbons (Fsp3) is 0.889. The van der Waals surface area contributed by atoms with Gasteiger partial charge in [-0.1, -0.05) is 6.92 Å². The fourth-order valence-corrected chi connectivity index (χ4v) is 1.18. The van der Waals surface area contributed by atoms with E-state index < -0.39 is 24.9 Å². The van der Waals surface area contributed by atoms with Crippen LogP contribution in [0.4, 0.5) is 18.0 Å². The lowest BCUT2D eigenvalue weighted by atomic mass is 10.1. The minimum Gasteiger partial charge on any atom is -0.393 e. The summed E-state index contributed by atoms with van der Waals surface area (Å²) in [6.45, 7) is 2.29. The SMILES string of the molecule is CC(O)CC(C)CNC(=O)NCC(F)(F)F. The summed E-state index contributed by atoms with van der Waals surface area (Å²) in [6.07, 6.45) is -4.41. The Hall–Kier alpha value is -0.980. The zero-order chi connectivity index (χ0) is 12.8. The highest BCUT2D eigenvalue weighted by molar-refractivity contribution is 5.73. The lowest BCUT2D eigenvalue weighted by Crippen LogP contribution is -2.42. The molecular formula is C9H17F3N2O2. The molecule has 0 bridgehead atoms. The van der Waals surface area contributed by atoms with Crippen LogP contribution in [0.1, 0.15) is 20.3 Å². The van der Waals surface area contributed by atoms with Crippen molar-refractivity contribution in [3.05, 3.63) is 0 Å². The number of urea groups is 1. The Morgan fingerprint density at radius 2 is 1.88 bits per heavy atom. The Morgan fingerprint density at radius 3 is 2.31 bits per heavy atom. The first-order valence-corrected chi connectivity index (χ1v) is 4.97. The molecule has 0 aliphatic carbocycles. The fourth-order valence-electron chi connectivity index (χ4n) is 1.18. The van der Waals surface area contributed by atoms with Crippen LogP contribution in [-0.4, -0.2) is 36.5 Å². The summed E-state index contributed by atoms with van der Waals surface area (Å²) in [4.78, 5) is 10.9. The van der Waals surface area contributed by atoms with Crippen LogP contribution in [0.15, 0.2) is 0 Å². The highest BCUT2D eigenvalue weighted by Crippen LogP contribution is 2.11. The van der Waals surface area contributed by atoms with Gasteiger partial charge in [0.15, 0.2) is 0 Å². The van der Waals surface area contributed by atoms with Gasteiger partial charge >= 0.3 is 12.2 Å². The van der Waals surface area contributed by atoms with Gasteiger partial charge in [0, 0.05) is 6.54 Å². The van der Waals surface area contributed by atoms with Gasteiger partial charge in [0.1, 0.15) is 6.54 Å². The van der Waals surface area contributed by atoms with E-state index in [9.17, 15) is 18.0 Å². The molecule has 0 heterocycles. The zero-order valence-electron chi connectivity index (χ0n) is 9.27. The molecule has 0 aliphatic heterocycles. The number of carbonyl (C=O) groups is 1. The predicted octanol–water partition coefficient (Wildman–Crippen LogP) is 1.25. The summed E-state index contributed by atoms with van der Waals surface area (Å²) in [6, 6.07) is -0.852. The van der Waals surface area contributed by atoms with E-state index in [0.29, 0.717) is 6.42 Å². The molecule has 0 fully saturated rings. The number of hydrogen-bond acceptors (Lipinski definition) is 2. The Kier molecular flexibility index (Phi) is 6.17. The van der Waals surface area contributed by atoms with Gasteiger partial charge in [-0.15, -0.1) is 0 Å². The van der Waals surface area contributed by atoms with Crippen molar-refractivity contribution in [2.75, 3.05) is 13.1 Å². The molecule has 0 rings (SSSR count). The molecular weight excluding hydrogens is 225 g/mol. The highest BCUT2D eigenvalue weighted by Gasteiger charge is 2.27. The summed E-state index contributed by atoms with van der Waals surface area (Å²) in [5.74, 6) is 0.0108. The number of halogens is 3. The normalized spacial score (nSPS) is 15.4. The second-order valence-electron chi connectivity index (χ2n) is 3.87. The van der Waals surface area contributed by atoms with Crippen LogP contribution in [0.5, 0.6) is 0 Å². The molecule has 0 aromatic heterocycles. The van der Waals surface area contributed by atoms with Gasteiger partial charge in [0.2, 0.25) is 0 Å². The number of carbonyl (C=O) groups excluding carboxylic acids is 1. The largest absolute Gasteiger partial charge is 0.405 e. The van der Waals surface area contributed by atoms with Crippen LogP contribution in [0.25, 0.3) is 0 Å². The van der Waals surface area contributed by atoms with Crippen molar-refractivity contribution in [2.24, 2.45) is 5.92 Å². The smallest absolute Gasteiger partial charge is 0.393 e. The number of alkyl halides is 3. The maximum atomic E-state index is 11.7. The van der Waals surface area contributed by atoms with E-state index in [0.717, 1.165) is 0 Å². The van der Waals surface area contributed by atoms with Crippen molar-refractivity contribution < 1.29 is 23.1 Å². The molecule has 0 saturated carbocycles. The van der Waals surface area contributed by atoms with Crippen molar-refractivity contribution >= 4 is 6.03 Å². The lowest BCUT2D eigenvalue weighted by molar-refractivity contribution is -0.122. The average Bonchev–Trinajstić information content (AvgIpc) is 2.09. The Labute approximate surface area is 92.2 Å². The molecule has 2 atom stereocenters. The van der Waals surface area contributed by atoms with Gasteiger partial charge < -0.3 is 15.7 Å². The number of nitrogens with one attached hydrogen (secondary N) is 2. The van der Waals surface area contributed by atoms with Crippen LogP contribution in [0.2, 0.25) is 0 Å². The van der Waals surface area contributed by atoms with E-state index in [4.69, 9.17) is 5.11 Å². The molecule has 0 aromatic carbocycles. The molecule has 2 amide bonds. The van der Waals surface area contributed by atoms with E-state index in [-0.39, 0.29) is 12.5 Å². The molecule has 96 valence electrons. The van der Waals surface area contributed by atoms with E-state index in [1.54, 1.807) is 19.2 Å². The van der Waals surface area contributed by atoms with Crippen LogP contribution in [-0.2, 0) is 0 Å². The standard InChI is InChI=1S/C9H17F3N2O2/c1-6(3-7(2)15)4-13-8(16)14-5-9(10,11)12/h6-7,15H,3-5H2,1-2H3,(H2,13,14,16). The molecule has 0 saturated heterocycles. The monoisotopic (exact) mass is 242 g/mol. The van der Waals surface area contributed by atoms with Crippen LogP contribution in [0, 0.1) is 5.92 Å². The maximum absolute atomic E-state index is 11.7. The van der Waals surface area contributed by atoms with Gasteiger partial charge in [0.05, 0.1) is 6.10 Å². The third kappa shape index (κ3) is 9.57. The molecule has 0 spiro atoms. The van der Waals surface area contributed by atoms with E-state index >= 15 is 0 Å². The van der Waals surface area contributed by atoms with E-state index in [1.807, 2.05) is 0 Å². The van der Waals surface area contributed by atoms with Crippen molar-refractivity contribution in [1.29, 1.82) is 0 Å². The molecule has 0 aliphatic rings. The van der Waals surface area contributed by atoms with Gasteiger partial charge in [-0.25, -0.2) is 4.79 Å². The molecule has 7 heteroatoms. The first kappa shape index (κ1) is 15.0. The molecule has 16 heavy (non-hydrogen) atoms. The summed E-state index contributed by atoms with van der Waals surface area (Å²) in [7, 11) is 0. The molecule has 0 aromatic rings. The second-order valence-corrected chi connectivity index (χ2v) is 3.87. The Bertz CT molecular complexity index is 219. The minimum absolute atomic E-state index is 0.0108. The molecule has 2 unspecified atom stereocenters. The average molecular weight is 242 g/mol. The summed E-state index contributed by atoms with van der Waals surface area (Å²) < 4.78 is 35.1. The highest BCUT2D eigenvalue weighted by atomic mass is 19.4. The van der Waals surface area contributed by atoms with Crippen molar-refractivity contribution in [2.45, 2.75) is 32.5 Å².